The predicted molar refractivity (Wildman–Crippen MR) is 91.2 cm³/mol. The molecule has 21 heavy (non-hydrogen) atoms. The van der Waals surface area contributed by atoms with E-state index < -0.39 is 0 Å². The molecule has 1 aromatic carbocycles. The fourth-order valence-corrected chi connectivity index (χ4v) is 2.73. The van der Waals surface area contributed by atoms with Gasteiger partial charge in [-0.2, -0.15) is 0 Å². The van der Waals surface area contributed by atoms with Gasteiger partial charge in [-0.1, -0.05) is 19.4 Å². The minimum absolute atomic E-state index is 0. The zero-order valence-electron chi connectivity index (χ0n) is 12.7. The summed E-state index contributed by atoms with van der Waals surface area (Å²) in [5.74, 6) is 0.774. The number of phenolic OH excluding ortho intramolecular Hbond substituents is 1. The lowest BCUT2D eigenvalue weighted by atomic mass is 9.99. The van der Waals surface area contributed by atoms with Crippen LogP contribution in [0.1, 0.15) is 31.4 Å². The second kappa shape index (κ2) is 10.1. The molecular weight excluding hydrogens is 311 g/mol. The SMILES string of the molecule is CCC[C@@H](c1ccc(O)c(OC)c1)N1CCNCC1.Cl.Cl. The van der Waals surface area contributed by atoms with Gasteiger partial charge >= 0.3 is 0 Å². The molecule has 0 spiro atoms. The van der Waals surface area contributed by atoms with Crippen molar-refractivity contribution in [2.75, 3.05) is 33.3 Å². The lowest BCUT2D eigenvalue weighted by molar-refractivity contribution is 0.164. The van der Waals surface area contributed by atoms with Crippen molar-refractivity contribution in [2.24, 2.45) is 0 Å². The van der Waals surface area contributed by atoms with E-state index in [9.17, 15) is 5.11 Å². The van der Waals surface area contributed by atoms with Crippen LogP contribution in [0.4, 0.5) is 0 Å². The molecule has 0 aromatic heterocycles. The Balaban J connectivity index is 0.00000200. The van der Waals surface area contributed by atoms with Gasteiger partial charge in [-0.15, -0.1) is 24.8 Å². The number of ether oxygens (including phenoxy) is 1. The van der Waals surface area contributed by atoms with Crippen molar-refractivity contribution < 1.29 is 9.84 Å². The van der Waals surface area contributed by atoms with Crippen molar-refractivity contribution in [3.8, 4) is 11.5 Å². The molecule has 0 aliphatic carbocycles. The van der Waals surface area contributed by atoms with Crippen molar-refractivity contribution >= 4 is 24.8 Å². The van der Waals surface area contributed by atoms with E-state index in [2.05, 4.69) is 17.1 Å². The molecule has 1 aliphatic rings. The van der Waals surface area contributed by atoms with Crippen LogP contribution < -0.4 is 10.1 Å². The maximum atomic E-state index is 9.71. The van der Waals surface area contributed by atoms with E-state index in [0.717, 1.165) is 39.0 Å². The van der Waals surface area contributed by atoms with E-state index in [-0.39, 0.29) is 30.6 Å². The van der Waals surface area contributed by atoms with E-state index in [0.29, 0.717) is 11.8 Å². The van der Waals surface area contributed by atoms with Crippen molar-refractivity contribution in [1.82, 2.24) is 10.2 Å². The van der Waals surface area contributed by atoms with Gasteiger partial charge in [-0.25, -0.2) is 0 Å². The van der Waals surface area contributed by atoms with Gasteiger partial charge in [0.2, 0.25) is 0 Å². The minimum atomic E-state index is 0. The first-order valence-electron chi connectivity index (χ1n) is 7.08. The van der Waals surface area contributed by atoms with E-state index >= 15 is 0 Å². The molecule has 2 N–H and O–H groups in total. The standard InChI is InChI=1S/C15H24N2O2.2ClH/c1-3-4-13(17-9-7-16-8-10-17)12-5-6-14(18)15(11-12)19-2;;/h5-6,11,13,16,18H,3-4,7-10H2,1-2H3;2*1H/t13-;;/m0../s1. The molecule has 1 aliphatic heterocycles. The lowest BCUT2D eigenvalue weighted by Crippen LogP contribution is -2.45. The van der Waals surface area contributed by atoms with Gasteiger partial charge < -0.3 is 15.2 Å². The number of hydrogen-bond acceptors (Lipinski definition) is 4. The van der Waals surface area contributed by atoms with Crippen molar-refractivity contribution in [2.45, 2.75) is 25.8 Å². The number of phenols is 1. The van der Waals surface area contributed by atoms with Crippen LogP contribution in [0, 0.1) is 0 Å². The second-order valence-corrected chi connectivity index (χ2v) is 5.02. The third-order valence-electron chi connectivity index (χ3n) is 3.74. The molecule has 6 heteroatoms. The first-order chi connectivity index (χ1) is 9.26. The van der Waals surface area contributed by atoms with Crippen LogP contribution in [0.15, 0.2) is 18.2 Å². The molecule has 1 saturated heterocycles. The maximum absolute atomic E-state index is 9.71. The average Bonchev–Trinajstić information content (AvgIpc) is 2.46. The third kappa shape index (κ3) is 5.22. The van der Waals surface area contributed by atoms with Crippen molar-refractivity contribution in [3.63, 3.8) is 0 Å². The number of nitrogens with one attached hydrogen (secondary N) is 1. The summed E-state index contributed by atoms with van der Waals surface area (Å²) in [4.78, 5) is 2.52. The van der Waals surface area contributed by atoms with Gasteiger partial charge in [-0.05, 0) is 24.1 Å². The van der Waals surface area contributed by atoms with Gasteiger partial charge in [0.15, 0.2) is 11.5 Å². The first kappa shape index (κ1) is 20.3. The molecule has 1 fully saturated rings. The van der Waals surface area contributed by atoms with Crippen LogP contribution in [0.5, 0.6) is 11.5 Å². The number of halogens is 2. The molecule has 1 heterocycles. The molecule has 0 amide bonds. The Kier molecular flexibility index (Phi) is 9.79. The first-order valence-corrected chi connectivity index (χ1v) is 7.08. The van der Waals surface area contributed by atoms with Crippen molar-refractivity contribution in [1.29, 1.82) is 0 Å². The number of methoxy groups -OCH3 is 1. The fraction of sp³-hybridized carbons (Fsp3) is 0.600. The molecule has 0 unspecified atom stereocenters. The van der Waals surface area contributed by atoms with Gasteiger partial charge in [-0.3, -0.25) is 4.90 Å². The van der Waals surface area contributed by atoms with Crippen LogP contribution in [0.3, 0.4) is 0 Å². The summed E-state index contributed by atoms with van der Waals surface area (Å²) in [6.45, 7) is 6.47. The molecule has 0 saturated carbocycles. The summed E-state index contributed by atoms with van der Waals surface area (Å²) in [5, 5.41) is 13.1. The second-order valence-electron chi connectivity index (χ2n) is 5.02. The van der Waals surface area contributed by atoms with Gasteiger partial charge in [0.1, 0.15) is 0 Å². The zero-order valence-corrected chi connectivity index (χ0v) is 14.3. The van der Waals surface area contributed by atoms with Crippen LogP contribution >= 0.6 is 24.8 Å². The summed E-state index contributed by atoms with van der Waals surface area (Å²) < 4.78 is 5.22. The Hall–Kier alpha value is -0.680. The topological polar surface area (TPSA) is 44.7 Å². The number of hydrogen-bond donors (Lipinski definition) is 2. The third-order valence-corrected chi connectivity index (χ3v) is 3.74. The molecule has 4 nitrogen and oxygen atoms in total. The summed E-state index contributed by atoms with van der Waals surface area (Å²) in [6.07, 6.45) is 2.28. The molecule has 1 aromatic rings. The Morgan fingerprint density at radius 1 is 1.29 bits per heavy atom. The Labute approximate surface area is 139 Å². The molecule has 0 bridgehead atoms. The highest BCUT2D eigenvalue weighted by Crippen LogP contribution is 2.33. The predicted octanol–water partition coefficient (Wildman–Crippen LogP) is 2.99. The summed E-state index contributed by atoms with van der Waals surface area (Å²) in [7, 11) is 1.60. The molecular formula is C15H26Cl2N2O2. The Bertz CT molecular complexity index is 413. The largest absolute Gasteiger partial charge is 0.504 e. The highest BCUT2D eigenvalue weighted by atomic mass is 35.5. The van der Waals surface area contributed by atoms with Crippen LogP contribution in [0.2, 0.25) is 0 Å². The normalized spacial score (nSPS) is 16.5. The molecule has 1 atom stereocenters. The number of piperazine rings is 1. The Morgan fingerprint density at radius 2 is 1.95 bits per heavy atom. The van der Waals surface area contributed by atoms with Crippen molar-refractivity contribution in [3.05, 3.63) is 23.8 Å². The van der Waals surface area contributed by atoms with Crippen LogP contribution in [-0.2, 0) is 0 Å². The number of rotatable bonds is 5. The van der Waals surface area contributed by atoms with Crippen LogP contribution in [0.25, 0.3) is 0 Å². The maximum Gasteiger partial charge on any atom is 0.160 e. The minimum Gasteiger partial charge on any atom is -0.504 e. The summed E-state index contributed by atoms with van der Waals surface area (Å²) >= 11 is 0. The molecule has 2 rings (SSSR count). The summed E-state index contributed by atoms with van der Waals surface area (Å²) in [6, 6.07) is 6.14. The van der Waals surface area contributed by atoms with Gasteiger partial charge in [0.25, 0.3) is 0 Å². The summed E-state index contributed by atoms with van der Waals surface area (Å²) in [5.41, 5.74) is 1.23. The monoisotopic (exact) mass is 336 g/mol. The van der Waals surface area contributed by atoms with E-state index in [4.69, 9.17) is 4.74 Å². The fourth-order valence-electron chi connectivity index (χ4n) is 2.73. The van der Waals surface area contributed by atoms with Gasteiger partial charge in [0.05, 0.1) is 7.11 Å². The van der Waals surface area contributed by atoms with E-state index in [1.54, 1.807) is 13.2 Å². The highest BCUT2D eigenvalue weighted by Gasteiger charge is 2.22. The van der Waals surface area contributed by atoms with E-state index in [1.165, 1.54) is 5.56 Å². The smallest absolute Gasteiger partial charge is 0.160 e. The highest BCUT2D eigenvalue weighted by molar-refractivity contribution is 5.85. The molecule has 0 radical (unpaired) electrons. The quantitative estimate of drug-likeness (QED) is 0.867. The van der Waals surface area contributed by atoms with Gasteiger partial charge in [0, 0.05) is 32.2 Å². The average molecular weight is 337 g/mol. The number of nitrogens with zero attached hydrogens (tertiary/aromatic N) is 1. The van der Waals surface area contributed by atoms with E-state index in [1.807, 2.05) is 12.1 Å². The van der Waals surface area contributed by atoms with Crippen LogP contribution in [-0.4, -0.2) is 43.3 Å². The number of aromatic hydroxyl groups is 1. The number of benzene rings is 1. The Morgan fingerprint density at radius 3 is 2.52 bits per heavy atom. The molecule has 122 valence electrons. The lowest BCUT2D eigenvalue weighted by Gasteiger charge is -2.35. The zero-order chi connectivity index (χ0) is 13.7.